The number of ether oxygens (including phenoxy) is 1. The average Bonchev–Trinajstić information content (AvgIpc) is 3.13. The molecule has 0 aromatic heterocycles. The molecule has 2 aliphatic heterocycles. The third kappa shape index (κ3) is 3.98. The molecular weight excluding hydrogens is 404 g/mol. The summed E-state index contributed by atoms with van der Waals surface area (Å²) in [4.78, 5) is 42.1. The van der Waals surface area contributed by atoms with E-state index in [1.54, 1.807) is 24.3 Å². The summed E-state index contributed by atoms with van der Waals surface area (Å²) in [6.45, 7) is 0.647. The van der Waals surface area contributed by atoms with Gasteiger partial charge in [0.2, 0.25) is 0 Å². The molecule has 160 valence electrons. The largest absolute Gasteiger partial charge is 0.478 e. The van der Waals surface area contributed by atoms with Crippen molar-refractivity contribution in [3.05, 3.63) is 59.2 Å². The zero-order valence-electron chi connectivity index (χ0n) is 16.3. The van der Waals surface area contributed by atoms with Gasteiger partial charge in [0.05, 0.1) is 18.7 Å². The number of aromatic carboxylic acids is 1. The molecule has 0 aliphatic carbocycles. The molecule has 10 heteroatoms. The van der Waals surface area contributed by atoms with Crippen molar-refractivity contribution in [3.63, 3.8) is 0 Å². The van der Waals surface area contributed by atoms with Crippen LogP contribution in [-0.2, 0) is 20.9 Å². The Morgan fingerprint density at radius 1 is 1.26 bits per heavy atom. The number of aliphatic hydroxyl groups is 1. The Bertz CT molecular complexity index is 1100. The van der Waals surface area contributed by atoms with Crippen LogP contribution in [0.3, 0.4) is 0 Å². The SMILES string of the molecule is NC1=NCc2cc(NC(=O)[C@H](O)[C@H]3OCCN(c4cccc(C(=O)O)c4)C3=O)ccc21. The lowest BCUT2D eigenvalue weighted by atomic mass is 10.1. The maximum atomic E-state index is 12.9. The number of anilines is 2. The Kier molecular flexibility index (Phi) is 5.40. The summed E-state index contributed by atoms with van der Waals surface area (Å²) in [6, 6.07) is 10.9. The number of morpholine rings is 1. The first-order valence-electron chi connectivity index (χ1n) is 9.53. The summed E-state index contributed by atoms with van der Waals surface area (Å²) >= 11 is 0. The van der Waals surface area contributed by atoms with E-state index in [-0.39, 0.29) is 18.7 Å². The summed E-state index contributed by atoms with van der Waals surface area (Å²) in [5.41, 5.74) is 8.22. The number of fused-ring (bicyclic) bond motifs is 1. The Balaban J connectivity index is 1.47. The van der Waals surface area contributed by atoms with E-state index in [4.69, 9.17) is 15.6 Å². The van der Waals surface area contributed by atoms with Gasteiger partial charge in [0.1, 0.15) is 5.84 Å². The monoisotopic (exact) mass is 424 g/mol. The molecule has 0 radical (unpaired) electrons. The van der Waals surface area contributed by atoms with Crippen molar-refractivity contribution in [3.8, 4) is 0 Å². The number of carbonyl (C=O) groups excluding carboxylic acids is 2. The summed E-state index contributed by atoms with van der Waals surface area (Å²) in [6.07, 6.45) is -3.18. The first kappa shape index (κ1) is 20.5. The fourth-order valence-corrected chi connectivity index (χ4v) is 3.56. The van der Waals surface area contributed by atoms with Gasteiger partial charge < -0.3 is 30.9 Å². The quantitative estimate of drug-likeness (QED) is 0.539. The minimum Gasteiger partial charge on any atom is -0.478 e. The Morgan fingerprint density at radius 3 is 2.84 bits per heavy atom. The molecule has 0 unspecified atom stereocenters. The number of hydrogen-bond acceptors (Lipinski definition) is 7. The molecule has 0 saturated carbocycles. The molecule has 2 aliphatic rings. The number of nitrogens with two attached hydrogens (primary N) is 1. The summed E-state index contributed by atoms with van der Waals surface area (Å²) < 4.78 is 5.38. The van der Waals surface area contributed by atoms with Crippen LogP contribution in [0.2, 0.25) is 0 Å². The number of carboxylic acid groups (broad SMARTS) is 1. The molecule has 31 heavy (non-hydrogen) atoms. The van der Waals surface area contributed by atoms with E-state index in [1.807, 2.05) is 0 Å². The molecule has 0 spiro atoms. The van der Waals surface area contributed by atoms with E-state index >= 15 is 0 Å². The molecule has 1 fully saturated rings. The Morgan fingerprint density at radius 2 is 2.06 bits per heavy atom. The second-order valence-electron chi connectivity index (χ2n) is 7.14. The molecule has 2 aromatic carbocycles. The second-order valence-corrected chi connectivity index (χ2v) is 7.14. The van der Waals surface area contributed by atoms with Crippen LogP contribution < -0.4 is 16.0 Å². The molecule has 5 N–H and O–H groups in total. The van der Waals surface area contributed by atoms with Crippen LogP contribution in [0.25, 0.3) is 0 Å². The van der Waals surface area contributed by atoms with Crippen LogP contribution in [0.5, 0.6) is 0 Å². The molecule has 0 bridgehead atoms. The number of aliphatic hydroxyl groups excluding tert-OH is 1. The highest BCUT2D eigenvalue weighted by molar-refractivity contribution is 6.05. The van der Waals surface area contributed by atoms with E-state index in [1.165, 1.54) is 23.1 Å². The Labute approximate surface area is 176 Å². The fourth-order valence-electron chi connectivity index (χ4n) is 3.56. The van der Waals surface area contributed by atoms with Crippen molar-refractivity contribution < 1.29 is 29.3 Å². The normalized spacial score (nSPS) is 18.9. The zero-order valence-corrected chi connectivity index (χ0v) is 16.3. The number of nitrogens with zero attached hydrogens (tertiary/aromatic N) is 2. The van der Waals surface area contributed by atoms with Crippen LogP contribution in [0, 0.1) is 0 Å². The highest BCUT2D eigenvalue weighted by Crippen LogP contribution is 2.24. The van der Waals surface area contributed by atoms with Crippen LogP contribution in [0.15, 0.2) is 47.5 Å². The number of carbonyl (C=O) groups is 3. The third-order valence-electron chi connectivity index (χ3n) is 5.15. The van der Waals surface area contributed by atoms with Gasteiger partial charge in [0, 0.05) is 23.5 Å². The number of nitrogens with one attached hydrogen (secondary N) is 1. The molecule has 4 rings (SSSR count). The van der Waals surface area contributed by atoms with E-state index < -0.39 is 30.0 Å². The van der Waals surface area contributed by atoms with Gasteiger partial charge in [-0.2, -0.15) is 0 Å². The van der Waals surface area contributed by atoms with Crippen molar-refractivity contribution in [2.45, 2.75) is 18.8 Å². The maximum absolute atomic E-state index is 12.9. The van der Waals surface area contributed by atoms with Crippen LogP contribution in [-0.4, -0.2) is 59.2 Å². The smallest absolute Gasteiger partial charge is 0.335 e. The summed E-state index contributed by atoms with van der Waals surface area (Å²) in [5, 5.41) is 22.2. The molecule has 2 aromatic rings. The molecule has 1 saturated heterocycles. The fraction of sp³-hybridized carbons (Fsp3) is 0.238. The van der Waals surface area contributed by atoms with Gasteiger partial charge in [-0.25, -0.2) is 4.79 Å². The Hall–Kier alpha value is -3.76. The third-order valence-corrected chi connectivity index (χ3v) is 5.15. The number of aliphatic imine (C=N–C) groups is 1. The molecule has 2 heterocycles. The van der Waals surface area contributed by atoms with Gasteiger partial charge >= 0.3 is 5.97 Å². The summed E-state index contributed by atoms with van der Waals surface area (Å²) in [7, 11) is 0. The van der Waals surface area contributed by atoms with E-state index in [9.17, 15) is 19.5 Å². The van der Waals surface area contributed by atoms with Crippen molar-refractivity contribution in [2.24, 2.45) is 10.7 Å². The topological polar surface area (TPSA) is 155 Å². The van der Waals surface area contributed by atoms with Crippen LogP contribution in [0.1, 0.15) is 21.5 Å². The lowest BCUT2D eigenvalue weighted by molar-refractivity contribution is -0.150. The second kappa shape index (κ2) is 8.17. The first-order chi connectivity index (χ1) is 14.8. The van der Waals surface area contributed by atoms with E-state index in [0.29, 0.717) is 23.8 Å². The molecule has 10 nitrogen and oxygen atoms in total. The van der Waals surface area contributed by atoms with Gasteiger partial charge in [0.15, 0.2) is 12.2 Å². The molecular formula is C21H20N4O6. The highest BCUT2D eigenvalue weighted by atomic mass is 16.5. The van der Waals surface area contributed by atoms with Crippen molar-refractivity contribution in [2.75, 3.05) is 23.4 Å². The highest BCUT2D eigenvalue weighted by Gasteiger charge is 2.39. The number of amides is 2. The van der Waals surface area contributed by atoms with Gasteiger partial charge in [-0.3, -0.25) is 14.6 Å². The van der Waals surface area contributed by atoms with Gasteiger partial charge in [-0.15, -0.1) is 0 Å². The number of hydrogen-bond donors (Lipinski definition) is 4. The average molecular weight is 424 g/mol. The predicted octanol–water partition coefficient (Wildman–Crippen LogP) is 0.335. The molecule has 2 atom stereocenters. The zero-order chi connectivity index (χ0) is 22.1. The van der Waals surface area contributed by atoms with Gasteiger partial charge in [-0.05, 0) is 42.0 Å². The lowest BCUT2D eigenvalue weighted by Crippen LogP contribution is -2.55. The number of benzene rings is 2. The number of carboxylic acids is 1. The lowest BCUT2D eigenvalue weighted by Gasteiger charge is -2.34. The van der Waals surface area contributed by atoms with Crippen LogP contribution >= 0.6 is 0 Å². The predicted molar refractivity (Wildman–Crippen MR) is 111 cm³/mol. The molecule has 2 amide bonds. The first-order valence-corrected chi connectivity index (χ1v) is 9.53. The van der Waals surface area contributed by atoms with Gasteiger partial charge in [-0.1, -0.05) is 6.07 Å². The van der Waals surface area contributed by atoms with E-state index in [2.05, 4.69) is 10.3 Å². The summed E-state index contributed by atoms with van der Waals surface area (Å²) in [5.74, 6) is -2.13. The number of rotatable bonds is 5. The number of amidine groups is 1. The van der Waals surface area contributed by atoms with E-state index in [0.717, 1.165) is 11.1 Å². The minimum atomic E-state index is -1.76. The van der Waals surface area contributed by atoms with Crippen molar-refractivity contribution in [1.29, 1.82) is 0 Å². The van der Waals surface area contributed by atoms with Crippen LogP contribution in [0.4, 0.5) is 11.4 Å². The van der Waals surface area contributed by atoms with Crippen molar-refractivity contribution >= 4 is 35.0 Å². The van der Waals surface area contributed by atoms with Crippen molar-refractivity contribution in [1.82, 2.24) is 0 Å². The maximum Gasteiger partial charge on any atom is 0.335 e. The standard InChI is InChI=1S/C21H20N4O6/c22-18-15-5-4-13(8-12(15)10-23-18)24-19(27)16(26)17-20(28)25(6-7-31-17)14-3-1-2-11(9-14)21(29)30/h1-5,8-9,16-17,26H,6-7,10H2,(H2,22,23)(H,24,27)(H,29,30)/t16-,17-/m1/s1. The van der Waals surface area contributed by atoms with Gasteiger partial charge in [0.25, 0.3) is 11.8 Å². The minimum absolute atomic E-state index is 0.0212.